The van der Waals surface area contributed by atoms with Crippen molar-refractivity contribution < 1.29 is 4.79 Å². The molecule has 0 saturated carbocycles. The topological polar surface area (TPSA) is 46.3 Å². The molecular formula is C8H10N2O. The highest BCUT2D eigenvalue weighted by Crippen LogP contribution is 1.83. The molecule has 0 bridgehead atoms. The number of nitrogens with zero attached hydrogens (tertiary/aromatic N) is 1. The Labute approximate surface area is 66.6 Å². The molecule has 0 aliphatic carbocycles. The van der Waals surface area contributed by atoms with Crippen LogP contribution in [0.2, 0.25) is 0 Å². The fourth-order valence-corrected chi connectivity index (χ4v) is 0.646. The molecule has 2 N–H and O–H groups in total. The highest BCUT2D eigenvalue weighted by molar-refractivity contribution is 5.76. The van der Waals surface area contributed by atoms with E-state index < -0.39 is 5.91 Å². The minimum Gasteiger partial charge on any atom is -0.369 e. The molecular weight excluding hydrogens is 140 g/mol. The van der Waals surface area contributed by atoms with Gasteiger partial charge < -0.3 is 5.73 Å². The zero-order valence-corrected chi connectivity index (χ0v) is 6.21. The Kier molecular flexibility index (Phi) is 4.64. The third-order valence-electron chi connectivity index (χ3n) is 1.01. The standard InChI is InChI=1S/C8H10N2O/c1-3-5-10(6-4-2)7-8(9)11/h1-2H,5-7H2,(H2,9,11). The Morgan fingerprint density at radius 2 is 1.82 bits per heavy atom. The summed E-state index contributed by atoms with van der Waals surface area (Å²) in [5, 5.41) is 0. The Morgan fingerprint density at radius 1 is 1.36 bits per heavy atom. The Hall–Kier alpha value is -1.45. The summed E-state index contributed by atoms with van der Waals surface area (Å²) in [6.07, 6.45) is 10.0. The second-order valence-electron chi connectivity index (χ2n) is 2.02. The number of primary amides is 1. The summed E-state index contributed by atoms with van der Waals surface area (Å²) >= 11 is 0. The van der Waals surface area contributed by atoms with E-state index >= 15 is 0 Å². The summed E-state index contributed by atoms with van der Waals surface area (Å²) in [6.45, 7) is 0.828. The van der Waals surface area contributed by atoms with E-state index in [1.807, 2.05) is 0 Å². The van der Waals surface area contributed by atoms with Crippen LogP contribution in [0.3, 0.4) is 0 Å². The first-order valence-corrected chi connectivity index (χ1v) is 3.08. The van der Waals surface area contributed by atoms with Crippen molar-refractivity contribution in [3.05, 3.63) is 0 Å². The first-order valence-electron chi connectivity index (χ1n) is 3.08. The quantitative estimate of drug-likeness (QED) is 0.525. The molecule has 0 unspecified atom stereocenters. The van der Waals surface area contributed by atoms with Gasteiger partial charge in [-0.1, -0.05) is 11.8 Å². The fraction of sp³-hybridized carbons (Fsp3) is 0.375. The molecule has 0 rings (SSSR count). The monoisotopic (exact) mass is 150 g/mol. The number of nitrogens with two attached hydrogens (primary N) is 1. The molecule has 3 heteroatoms. The summed E-state index contributed by atoms with van der Waals surface area (Å²) in [4.78, 5) is 12.0. The molecule has 0 heterocycles. The maximum atomic E-state index is 10.4. The van der Waals surface area contributed by atoms with E-state index in [4.69, 9.17) is 18.6 Å². The van der Waals surface area contributed by atoms with Crippen molar-refractivity contribution in [2.24, 2.45) is 5.73 Å². The van der Waals surface area contributed by atoms with Gasteiger partial charge in [0.25, 0.3) is 0 Å². The van der Waals surface area contributed by atoms with Crippen LogP contribution in [-0.4, -0.2) is 30.4 Å². The lowest BCUT2D eigenvalue weighted by molar-refractivity contribution is -0.118. The maximum Gasteiger partial charge on any atom is 0.231 e. The minimum absolute atomic E-state index is 0.119. The van der Waals surface area contributed by atoms with Gasteiger partial charge in [-0.3, -0.25) is 9.69 Å². The molecule has 0 atom stereocenters. The third-order valence-corrected chi connectivity index (χ3v) is 1.01. The second-order valence-corrected chi connectivity index (χ2v) is 2.02. The number of amides is 1. The van der Waals surface area contributed by atoms with Crippen LogP contribution in [0.5, 0.6) is 0 Å². The van der Waals surface area contributed by atoms with Crippen molar-refractivity contribution in [2.75, 3.05) is 19.6 Å². The van der Waals surface area contributed by atoms with Gasteiger partial charge in [0.05, 0.1) is 19.6 Å². The highest BCUT2D eigenvalue weighted by atomic mass is 16.1. The molecule has 0 aromatic rings. The number of hydrogen-bond donors (Lipinski definition) is 1. The lowest BCUT2D eigenvalue weighted by atomic mass is 10.4. The molecule has 0 aliphatic heterocycles. The number of carbonyl (C=O) groups is 1. The number of rotatable bonds is 4. The molecule has 0 radical (unpaired) electrons. The number of carbonyl (C=O) groups excluding carboxylic acids is 1. The Morgan fingerprint density at radius 3 is 2.09 bits per heavy atom. The summed E-state index contributed by atoms with van der Waals surface area (Å²) in [7, 11) is 0. The Balaban J connectivity index is 3.82. The van der Waals surface area contributed by atoms with Gasteiger partial charge in [-0.2, -0.15) is 0 Å². The van der Waals surface area contributed by atoms with E-state index in [0.29, 0.717) is 13.1 Å². The molecule has 0 spiro atoms. The van der Waals surface area contributed by atoms with Crippen LogP contribution in [0.1, 0.15) is 0 Å². The SMILES string of the molecule is C#CCN(CC#C)CC(N)=O. The normalized spacial score (nSPS) is 8.64. The zero-order valence-electron chi connectivity index (χ0n) is 6.21. The fourth-order valence-electron chi connectivity index (χ4n) is 0.646. The second kappa shape index (κ2) is 5.34. The van der Waals surface area contributed by atoms with Gasteiger partial charge >= 0.3 is 0 Å². The average Bonchev–Trinajstić information content (AvgIpc) is 1.87. The molecule has 0 aromatic heterocycles. The molecule has 0 fully saturated rings. The predicted octanol–water partition coefficient (Wildman–Crippen LogP) is -0.960. The van der Waals surface area contributed by atoms with Crippen LogP contribution < -0.4 is 5.73 Å². The van der Waals surface area contributed by atoms with Crippen LogP contribution in [0.15, 0.2) is 0 Å². The largest absolute Gasteiger partial charge is 0.369 e. The van der Waals surface area contributed by atoms with E-state index in [2.05, 4.69) is 11.8 Å². The average molecular weight is 150 g/mol. The Bertz CT molecular complexity index is 193. The van der Waals surface area contributed by atoms with Gasteiger partial charge in [0.1, 0.15) is 0 Å². The van der Waals surface area contributed by atoms with Gasteiger partial charge in [-0.25, -0.2) is 0 Å². The van der Waals surface area contributed by atoms with Crippen molar-refractivity contribution in [1.82, 2.24) is 4.90 Å². The molecule has 0 saturated heterocycles. The molecule has 3 nitrogen and oxygen atoms in total. The summed E-state index contributed by atoms with van der Waals surface area (Å²) in [5.74, 6) is 4.34. The van der Waals surface area contributed by atoms with E-state index in [1.165, 1.54) is 0 Å². The molecule has 0 aliphatic rings. The lowest BCUT2D eigenvalue weighted by Crippen LogP contribution is -2.34. The highest BCUT2D eigenvalue weighted by Gasteiger charge is 2.03. The smallest absolute Gasteiger partial charge is 0.231 e. The van der Waals surface area contributed by atoms with Gasteiger partial charge in [0, 0.05) is 0 Å². The van der Waals surface area contributed by atoms with E-state index in [9.17, 15) is 4.79 Å². The molecule has 1 amide bonds. The summed E-state index contributed by atoms with van der Waals surface area (Å²) in [6, 6.07) is 0. The van der Waals surface area contributed by atoms with Crippen LogP contribution in [0.4, 0.5) is 0 Å². The van der Waals surface area contributed by atoms with Crippen molar-refractivity contribution in [1.29, 1.82) is 0 Å². The molecule has 0 aromatic carbocycles. The van der Waals surface area contributed by atoms with E-state index in [-0.39, 0.29) is 6.54 Å². The number of hydrogen-bond acceptors (Lipinski definition) is 2. The maximum absolute atomic E-state index is 10.4. The number of terminal acetylenes is 2. The van der Waals surface area contributed by atoms with Gasteiger partial charge in [0.15, 0.2) is 0 Å². The summed E-state index contributed by atoms with van der Waals surface area (Å²) < 4.78 is 0. The van der Waals surface area contributed by atoms with Gasteiger partial charge in [-0.15, -0.1) is 12.8 Å². The van der Waals surface area contributed by atoms with Crippen LogP contribution >= 0.6 is 0 Å². The van der Waals surface area contributed by atoms with Gasteiger partial charge in [-0.05, 0) is 0 Å². The van der Waals surface area contributed by atoms with E-state index in [1.54, 1.807) is 4.90 Å². The third kappa shape index (κ3) is 5.02. The first-order chi connectivity index (χ1) is 5.20. The van der Waals surface area contributed by atoms with E-state index in [0.717, 1.165) is 0 Å². The first kappa shape index (κ1) is 9.55. The predicted molar refractivity (Wildman–Crippen MR) is 43.3 cm³/mol. The van der Waals surface area contributed by atoms with Gasteiger partial charge in [0.2, 0.25) is 5.91 Å². The zero-order chi connectivity index (χ0) is 8.69. The summed E-state index contributed by atoms with van der Waals surface area (Å²) in [5.41, 5.74) is 4.94. The lowest BCUT2D eigenvalue weighted by Gasteiger charge is -2.13. The van der Waals surface area contributed by atoms with Crippen molar-refractivity contribution >= 4 is 5.91 Å². The van der Waals surface area contributed by atoms with Crippen LogP contribution in [0.25, 0.3) is 0 Å². The van der Waals surface area contributed by atoms with Crippen LogP contribution in [0, 0.1) is 24.7 Å². The molecule has 58 valence electrons. The van der Waals surface area contributed by atoms with Crippen LogP contribution in [-0.2, 0) is 4.79 Å². The van der Waals surface area contributed by atoms with Crippen molar-refractivity contribution in [3.63, 3.8) is 0 Å². The molecule has 11 heavy (non-hydrogen) atoms. The minimum atomic E-state index is -0.421. The van der Waals surface area contributed by atoms with Crippen molar-refractivity contribution in [3.8, 4) is 24.7 Å². The van der Waals surface area contributed by atoms with Crippen molar-refractivity contribution in [2.45, 2.75) is 0 Å².